The molecule has 0 aromatic carbocycles. The summed E-state index contributed by atoms with van der Waals surface area (Å²) >= 11 is 1.76. The molecule has 2 aromatic heterocycles. The van der Waals surface area contributed by atoms with Gasteiger partial charge in [0.1, 0.15) is 10.8 Å². The highest BCUT2D eigenvalue weighted by Crippen LogP contribution is 2.33. The van der Waals surface area contributed by atoms with Crippen molar-refractivity contribution in [2.45, 2.75) is 26.9 Å². The molecule has 2 aliphatic rings. The van der Waals surface area contributed by atoms with E-state index in [1.807, 2.05) is 20.0 Å². The third-order valence-electron chi connectivity index (χ3n) is 5.04. The van der Waals surface area contributed by atoms with Crippen molar-refractivity contribution in [3.05, 3.63) is 33.6 Å². The van der Waals surface area contributed by atoms with E-state index in [9.17, 15) is 0 Å². The van der Waals surface area contributed by atoms with E-state index in [4.69, 9.17) is 4.52 Å². The third kappa shape index (κ3) is 2.71. The molecule has 2 fully saturated rings. The largest absolute Gasteiger partial charge is 0.361 e. The number of aromatic nitrogens is 2. The number of fused-ring (bicyclic) bond motifs is 1. The molecule has 4 rings (SSSR count). The van der Waals surface area contributed by atoms with Crippen LogP contribution in [0.25, 0.3) is 0 Å². The Morgan fingerprint density at radius 3 is 2.36 bits per heavy atom. The average Bonchev–Trinajstić information content (AvgIpc) is 3.22. The van der Waals surface area contributed by atoms with Gasteiger partial charge in [-0.25, -0.2) is 4.98 Å². The van der Waals surface area contributed by atoms with Gasteiger partial charge in [0.2, 0.25) is 0 Å². The molecule has 5 nitrogen and oxygen atoms in total. The van der Waals surface area contributed by atoms with Crippen LogP contribution in [0.15, 0.2) is 16.1 Å². The topological polar surface area (TPSA) is 45.4 Å². The maximum atomic E-state index is 5.28. The molecular weight excluding hydrogens is 296 g/mol. The monoisotopic (exact) mass is 318 g/mol. The van der Waals surface area contributed by atoms with E-state index >= 15 is 0 Å². The van der Waals surface area contributed by atoms with Crippen LogP contribution in [0.2, 0.25) is 0 Å². The lowest BCUT2D eigenvalue weighted by molar-refractivity contribution is 0.245. The van der Waals surface area contributed by atoms with Gasteiger partial charge >= 0.3 is 0 Å². The molecule has 4 heterocycles. The normalized spacial score (nSPS) is 25.9. The molecule has 0 unspecified atom stereocenters. The molecule has 0 N–H and O–H groups in total. The van der Waals surface area contributed by atoms with E-state index in [0.29, 0.717) is 0 Å². The van der Waals surface area contributed by atoms with Crippen LogP contribution >= 0.6 is 11.3 Å². The van der Waals surface area contributed by atoms with Crippen LogP contribution in [-0.4, -0.2) is 46.1 Å². The number of likely N-dealkylation sites (tertiary alicyclic amines) is 2. The molecule has 2 saturated heterocycles. The Labute approximate surface area is 134 Å². The summed E-state index contributed by atoms with van der Waals surface area (Å²) in [5, 5.41) is 7.38. The molecule has 0 saturated carbocycles. The molecule has 0 amide bonds. The number of hydrogen-bond acceptors (Lipinski definition) is 6. The number of thiazole rings is 1. The highest BCUT2D eigenvalue weighted by atomic mass is 32.1. The van der Waals surface area contributed by atoms with Crippen LogP contribution < -0.4 is 0 Å². The highest BCUT2D eigenvalue weighted by Gasteiger charge is 2.40. The highest BCUT2D eigenvalue weighted by molar-refractivity contribution is 7.09. The van der Waals surface area contributed by atoms with Crippen LogP contribution in [0.1, 0.15) is 22.0 Å². The second-order valence-corrected chi connectivity index (χ2v) is 7.62. The Morgan fingerprint density at radius 2 is 1.82 bits per heavy atom. The zero-order valence-corrected chi connectivity index (χ0v) is 14.0. The number of rotatable bonds is 4. The smallest absolute Gasteiger partial charge is 0.138 e. The fourth-order valence-electron chi connectivity index (χ4n) is 3.92. The van der Waals surface area contributed by atoms with Gasteiger partial charge in [0, 0.05) is 49.9 Å². The second-order valence-electron chi connectivity index (χ2n) is 6.64. The van der Waals surface area contributed by atoms with E-state index in [2.05, 4.69) is 25.3 Å². The number of hydrogen-bond donors (Lipinski definition) is 0. The van der Waals surface area contributed by atoms with E-state index in [-0.39, 0.29) is 0 Å². The third-order valence-corrected chi connectivity index (χ3v) is 5.81. The van der Waals surface area contributed by atoms with Gasteiger partial charge in [-0.2, -0.15) is 0 Å². The molecule has 0 spiro atoms. The Bertz CT molecular complexity index is 605. The Hall–Kier alpha value is -1.24. The van der Waals surface area contributed by atoms with Crippen molar-refractivity contribution >= 4 is 11.3 Å². The minimum absolute atomic E-state index is 0.806. The average molecular weight is 318 g/mol. The quantitative estimate of drug-likeness (QED) is 0.865. The van der Waals surface area contributed by atoms with Gasteiger partial charge in [-0.05, 0) is 25.7 Å². The second kappa shape index (κ2) is 5.76. The molecule has 6 heteroatoms. The van der Waals surface area contributed by atoms with Crippen molar-refractivity contribution in [1.82, 2.24) is 19.9 Å². The number of aryl methyl sites for hydroxylation is 2. The van der Waals surface area contributed by atoms with Crippen molar-refractivity contribution in [3.8, 4) is 0 Å². The Balaban J connectivity index is 1.34. The zero-order valence-electron chi connectivity index (χ0n) is 13.2. The fraction of sp³-hybridized carbons (Fsp3) is 0.625. The first kappa shape index (κ1) is 14.4. The van der Waals surface area contributed by atoms with Gasteiger partial charge in [-0.1, -0.05) is 5.16 Å². The lowest BCUT2D eigenvalue weighted by Gasteiger charge is -2.20. The summed E-state index contributed by atoms with van der Waals surface area (Å²) in [7, 11) is 0. The molecule has 118 valence electrons. The van der Waals surface area contributed by atoms with Gasteiger partial charge in [-0.15, -0.1) is 11.3 Å². The first-order valence-electron chi connectivity index (χ1n) is 7.94. The van der Waals surface area contributed by atoms with Crippen LogP contribution in [-0.2, 0) is 13.1 Å². The Kier molecular flexibility index (Phi) is 3.76. The summed E-state index contributed by atoms with van der Waals surface area (Å²) in [6, 6.07) is 0. The molecule has 2 aliphatic heterocycles. The molecule has 0 radical (unpaired) electrons. The summed E-state index contributed by atoms with van der Waals surface area (Å²) in [4.78, 5) is 9.55. The molecule has 2 atom stereocenters. The van der Waals surface area contributed by atoms with E-state index in [0.717, 1.165) is 36.4 Å². The first-order chi connectivity index (χ1) is 10.7. The maximum Gasteiger partial charge on any atom is 0.138 e. The van der Waals surface area contributed by atoms with Crippen molar-refractivity contribution in [2.24, 2.45) is 11.8 Å². The van der Waals surface area contributed by atoms with E-state index in [1.54, 1.807) is 11.3 Å². The standard InChI is InChI=1S/C16H22N4OS/c1-11-15(12(2)21-18-11)9-19-5-13-7-20(8-14(13)6-19)10-16-17-3-4-22-16/h3-4,13-14H,5-10H2,1-2H3/t13-,14+. The first-order valence-corrected chi connectivity index (χ1v) is 8.82. The minimum Gasteiger partial charge on any atom is -0.361 e. The zero-order chi connectivity index (χ0) is 15.1. The van der Waals surface area contributed by atoms with Gasteiger partial charge in [-0.3, -0.25) is 9.80 Å². The predicted molar refractivity (Wildman–Crippen MR) is 85.6 cm³/mol. The van der Waals surface area contributed by atoms with Crippen LogP contribution in [0.4, 0.5) is 0 Å². The summed E-state index contributed by atoms with van der Waals surface area (Å²) < 4.78 is 5.28. The van der Waals surface area contributed by atoms with Crippen molar-refractivity contribution in [3.63, 3.8) is 0 Å². The minimum atomic E-state index is 0.806. The Morgan fingerprint density at radius 1 is 1.14 bits per heavy atom. The van der Waals surface area contributed by atoms with Crippen molar-refractivity contribution in [1.29, 1.82) is 0 Å². The van der Waals surface area contributed by atoms with Gasteiger partial charge in [0.05, 0.1) is 12.2 Å². The fourth-order valence-corrected chi connectivity index (χ4v) is 4.58. The summed E-state index contributed by atoms with van der Waals surface area (Å²) in [5.74, 6) is 2.58. The van der Waals surface area contributed by atoms with Crippen molar-refractivity contribution in [2.75, 3.05) is 26.2 Å². The van der Waals surface area contributed by atoms with E-state index in [1.165, 1.54) is 36.8 Å². The van der Waals surface area contributed by atoms with E-state index < -0.39 is 0 Å². The number of nitrogens with zero attached hydrogens (tertiary/aromatic N) is 4. The van der Waals surface area contributed by atoms with Crippen molar-refractivity contribution < 1.29 is 4.52 Å². The molecule has 22 heavy (non-hydrogen) atoms. The molecule has 0 bridgehead atoms. The van der Waals surface area contributed by atoms with Gasteiger partial charge in [0.25, 0.3) is 0 Å². The predicted octanol–water partition coefficient (Wildman–Crippen LogP) is 2.31. The summed E-state index contributed by atoms with van der Waals surface area (Å²) in [5.41, 5.74) is 2.32. The van der Waals surface area contributed by atoms with Gasteiger partial charge in [0.15, 0.2) is 0 Å². The lowest BCUT2D eigenvalue weighted by Crippen LogP contribution is -2.28. The van der Waals surface area contributed by atoms with Crippen LogP contribution in [0.5, 0.6) is 0 Å². The van der Waals surface area contributed by atoms with Crippen LogP contribution in [0.3, 0.4) is 0 Å². The summed E-state index contributed by atoms with van der Waals surface area (Å²) in [6.07, 6.45) is 1.91. The molecule has 2 aromatic rings. The summed E-state index contributed by atoms with van der Waals surface area (Å²) in [6.45, 7) is 10.9. The van der Waals surface area contributed by atoms with Crippen LogP contribution in [0, 0.1) is 25.7 Å². The van der Waals surface area contributed by atoms with Gasteiger partial charge < -0.3 is 4.52 Å². The maximum absolute atomic E-state index is 5.28. The SMILES string of the molecule is Cc1noc(C)c1CN1C[C@H]2CN(Cc3nccs3)C[C@H]2C1. The lowest BCUT2D eigenvalue weighted by atomic mass is 10.0. The molecule has 0 aliphatic carbocycles. The molecular formula is C16H22N4OS.